The van der Waals surface area contributed by atoms with E-state index in [2.05, 4.69) is 19.7 Å². The van der Waals surface area contributed by atoms with Crippen LogP contribution in [-0.4, -0.2) is 65.5 Å². The standard InChI is InChI=1S/C14H22N6O3S/c1-18-6-7-23-12(14(18)11-8-15-10-19(11)2)9-17-24(21,22)13-4-5-16-20(13)3/h4-5,8,10,12,14,17H,6-7,9H2,1-3H3/t12-,14-/m0/s1. The van der Waals surface area contributed by atoms with Crippen molar-refractivity contribution in [3.63, 3.8) is 0 Å². The largest absolute Gasteiger partial charge is 0.373 e. The summed E-state index contributed by atoms with van der Waals surface area (Å²) in [7, 11) is 1.88. The molecule has 2 atom stereocenters. The average Bonchev–Trinajstić information content (AvgIpc) is 3.14. The first-order chi connectivity index (χ1) is 11.4. The molecule has 0 radical (unpaired) electrons. The van der Waals surface area contributed by atoms with Crippen molar-refractivity contribution in [2.75, 3.05) is 26.7 Å². The molecule has 0 spiro atoms. The molecule has 3 heterocycles. The molecule has 0 amide bonds. The summed E-state index contributed by atoms with van der Waals surface area (Å²) < 4.78 is 36.6. The average molecular weight is 354 g/mol. The summed E-state index contributed by atoms with van der Waals surface area (Å²) in [6, 6.07) is 1.40. The summed E-state index contributed by atoms with van der Waals surface area (Å²) in [4.78, 5) is 6.31. The van der Waals surface area contributed by atoms with Gasteiger partial charge in [0.05, 0.1) is 37.0 Å². The van der Waals surface area contributed by atoms with Gasteiger partial charge in [-0.05, 0) is 13.1 Å². The summed E-state index contributed by atoms with van der Waals surface area (Å²) in [5.41, 5.74) is 0.988. The van der Waals surface area contributed by atoms with Gasteiger partial charge in [0, 0.05) is 33.4 Å². The van der Waals surface area contributed by atoms with Crippen LogP contribution >= 0.6 is 0 Å². The van der Waals surface area contributed by atoms with Crippen molar-refractivity contribution in [1.29, 1.82) is 0 Å². The number of rotatable bonds is 5. The molecule has 9 nitrogen and oxygen atoms in total. The molecule has 24 heavy (non-hydrogen) atoms. The molecule has 1 aliphatic heterocycles. The summed E-state index contributed by atoms with van der Waals surface area (Å²) in [5.74, 6) is 0. The molecule has 3 rings (SSSR count). The maximum Gasteiger partial charge on any atom is 0.257 e. The van der Waals surface area contributed by atoms with Crippen molar-refractivity contribution in [1.82, 2.24) is 29.0 Å². The zero-order valence-corrected chi connectivity index (χ0v) is 14.8. The SMILES string of the molecule is CN1CCO[C@@H](CNS(=O)(=O)c2ccnn2C)[C@@H]1c1cncn1C. The van der Waals surface area contributed by atoms with Crippen LogP contribution in [0.3, 0.4) is 0 Å². The van der Waals surface area contributed by atoms with E-state index in [-0.39, 0.29) is 23.7 Å². The molecule has 0 aliphatic carbocycles. The van der Waals surface area contributed by atoms with Crippen molar-refractivity contribution in [3.8, 4) is 0 Å². The van der Waals surface area contributed by atoms with Gasteiger partial charge in [0.2, 0.25) is 0 Å². The second-order valence-corrected chi connectivity index (χ2v) is 7.62. The Morgan fingerprint density at radius 1 is 1.38 bits per heavy atom. The first-order valence-corrected chi connectivity index (χ1v) is 9.14. The van der Waals surface area contributed by atoms with E-state index >= 15 is 0 Å². The van der Waals surface area contributed by atoms with E-state index in [1.807, 2.05) is 18.7 Å². The highest BCUT2D eigenvalue weighted by Gasteiger charge is 2.34. The number of hydrogen-bond acceptors (Lipinski definition) is 6. The van der Waals surface area contributed by atoms with Crippen molar-refractivity contribution in [2.45, 2.75) is 17.2 Å². The lowest BCUT2D eigenvalue weighted by Gasteiger charge is -2.39. The van der Waals surface area contributed by atoms with Crippen molar-refractivity contribution in [2.24, 2.45) is 14.1 Å². The predicted molar refractivity (Wildman–Crippen MR) is 86.7 cm³/mol. The van der Waals surface area contributed by atoms with Crippen LogP contribution in [0.5, 0.6) is 0 Å². The number of aryl methyl sites for hydroxylation is 2. The summed E-state index contributed by atoms with van der Waals surface area (Å²) >= 11 is 0. The monoisotopic (exact) mass is 354 g/mol. The second kappa shape index (κ2) is 6.63. The number of nitrogens with one attached hydrogen (secondary N) is 1. The number of nitrogens with zero attached hydrogens (tertiary/aromatic N) is 5. The zero-order chi connectivity index (χ0) is 17.3. The number of aromatic nitrogens is 4. The number of hydrogen-bond donors (Lipinski definition) is 1. The lowest BCUT2D eigenvalue weighted by Crippen LogP contribution is -2.48. The highest BCUT2D eigenvalue weighted by atomic mass is 32.2. The molecular weight excluding hydrogens is 332 g/mol. The Morgan fingerprint density at radius 3 is 2.79 bits per heavy atom. The quantitative estimate of drug-likeness (QED) is 0.778. The first-order valence-electron chi connectivity index (χ1n) is 7.66. The number of sulfonamides is 1. The molecule has 0 saturated carbocycles. The smallest absolute Gasteiger partial charge is 0.257 e. The molecule has 2 aromatic rings. The Kier molecular flexibility index (Phi) is 4.72. The van der Waals surface area contributed by atoms with Crippen molar-refractivity contribution < 1.29 is 13.2 Å². The van der Waals surface area contributed by atoms with E-state index in [0.29, 0.717) is 6.61 Å². The fourth-order valence-corrected chi connectivity index (χ4v) is 4.16. The molecule has 10 heteroatoms. The molecule has 2 aromatic heterocycles. The Morgan fingerprint density at radius 2 is 2.17 bits per heavy atom. The molecular formula is C14H22N6O3S. The first kappa shape index (κ1) is 17.1. The third kappa shape index (κ3) is 3.22. The van der Waals surface area contributed by atoms with Crippen LogP contribution in [-0.2, 0) is 28.9 Å². The second-order valence-electron chi connectivity index (χ2n) is 5.91. The van der Waals surface area contributed by atoms with Crippen LogP contribution in [0.1, 0.15) is 11.7 Å². The molecule has 1 N–H and O–H groups in total. The van der Waals surface area contributed by atoms with Gasteiger partial charge < -0.3 is 9.30 Å². The minimum atomic E-state index is -3.64. The fraction of sp³-hybridized carbons (Fsp3) is 0.571. The minimum absolute atomic E-state index is 0.0690. The van der Waals surface area contributed by atoms with Gasteiger partial charge in [0.1, 0.15) is 0 Å². The van der Waals surface area contributed by atoms with Gasteiger partial charge in [-0.2, -0.15) is 5.10 Å². The van der Waals surface area contributed by atoms with Gasteiger partial charge in [-0.25, -0.2) is 18.1 Å². The van der Waals surface area contributed by atoms with Gasteiger partial charge in [-0.3, -0.25) is 9.58 Å². The van der Waals surface area contributed by atoms with Crippen LogP contribution in [0.25, 0.3) is 0 Å². The number of imidazole rings is 1. The maximum atomic E-state index is 12.4. The van der Waals surface area contributed by atoms with E-state index in [0.717, 1.165) is 12.2 Å². The van der Waals surface area contributed by atoms with E-state index in [1.165, 1.54) is 16.9 Å². The number of morpholine rings is 1. The van der Waals surface area contributed by atoms with Gasteiger partial charge in [0.15, 0.2) is 5.03 Å². The van der Waals surface area contributed by atoms with Crippen LogP contribution < -0.4 is 4.72 Å². The van der Waals surface area contributed by atoms with E-state index in [4.69, 9.17) is 4.74 Å². The Bertz CT molecular complexity index is 799. The molecule has 0 unspecified atom stereocenters. The lowest BCUT2D eigenvalue weighted by atomic mass is 10.0. The third-order valence-corrected chi connectivity index (χ3v) is 5.78. The molecule has 1 saturated heterocycles. The van der Waals surface area contributed by atoms with Gasteiger partial charge in [-0.1, -0.05) is 0 Å². The van der Waals surface area contributed by atoms with Gasteiger partial charge >= 0.3 is 0 Å². The Hall–Kier alpha value is -1.75. The molecule has 1 aliphatic rings. The van der Waals surface area contributed by atoms with Crippen molar-refractivity contribution >= 4 is 10.0 Å². The fourth-order valence-electron chi connectivity index (χ4n) is 2.99. The van der Waals surface area contributed by atoms with E-state index in [1.54, 1.807) is 19.6 Å². The minimum Gasteiger partial charge on any atom is -0.373 e. The normalized spacial score (nSPS) is 22.8. The van der Waals surface area contributed by atoms with Crippen molar-refractivity contribution in [3.05, 3.63) is 30.5 Å². The third-order valence-electron chi connectivity index (χ3n) is 4.29. The number of ether oxygens (including phenoxy) is 1. The van der Waals surface area contributed by atoms with Crippen LogP contribution in [0.15, 0.2) is 29.8 Å². The summed E-state index contributed by atoms with van der Waals surface area (Å²) in [5, 5.41) is 4.03. The Labute approximate surface area is 141 Å². The topological polar surface area (TPSA) is 94.3 Å². The molecule has 0 bridgehead atoms. The molecule has 132 valence electrons. The van der Waals surface area contributed by atoms with Crippen LogP contribution in [0.2, 0.25) is 0 Å². The van der Waals surface area contributed by atoms with Crippen LogP contribution in [0, 0.1) is 0 Å². The predicted octanol–water partition coefficient (Wildman–Crippen LogP) is -0.496. The molecule has 1 fully saturated rings. The Balaban J connectivity index is 1.78. The number of likely N-dealkylation sites (N-methyl/N-ethyl adjacent to an activating group) is 1. The molecule has 0 aromatic carbocycles. The summed E-state index contributed by atoms with van der Waals surface area (Å²) in [6.45, 7) is 1.51. The summed E-state index contributed by atoms with van der Waals surface area (Å²) in [6.07, 6.45) is 4.67. The van der Waals surface area contributed by atoms with E-state index in [9.17, 15) is 8.42 Å². The lowest BCUT2D eigenvalue weighted by molar-refractivity contribution is -0.0614. The zero-order valence-electron chi connectivity index (χ0n) is 14.0. The highest BCUT2D eigenvalue weighted by molar-refractivity contribution is 7.89. The van der Waals surface area contributed by atoms with E-state index < -0.39 is 10.0 Å². The van der Waals surface area contributed by atoms with Crippen LogP contribution in [0.4, 0.5) is 0 Å². The van der Waals surface area contributed by atoms with Gasteiger partial charge in [0.25, 0.3) is 10.0 Å². The maximum absolute atomic E-state index is 12.4. The van der Waals surface area contributed by atoms with Gasteiger partial charge in [-0.15, -0.1) is 0 Å². The highest BCUT2D eigenvalue weighted by Crippen LogP contribution is 2.27.